The number of nitrogens with one attached hydrogen (secondary N) is 1. The van der Waals surface area contributed by atoms with Gasteiger partial charge in [-0.3, -0.25) is 4.79 Å². The quantitative estimate of drug-likeness (QED) is 0.638. The molecule has 0 bridgehead atoms. The van der Waals surface area contributed by atoms with E-state index in [2.05, 4.69) is 11.2 Å². The summed E-state index contributed by atoms with van der Waals surface area (Å²) < 4.78 is 0. The largest absolute Gasteiger partial charge is 0.331 e. The molecular weight excluding hydrogens is 188 g/mol. The first kappa shape index (κ1) is 14.0. The summed E-state index contributed by atoms with van der Waals surface area (Å²) in [6, 6.07) is 0. The summed E-state index contributed by atoms with van der Waals surface area (Å²) in [5.74, 6) is 2.68. The van der Waals surface area contributed by atoms with Crippen molar-refractivity contribution < 1.29 is 4.79 Å². The molecule has 1 amide bonds. The molecule has 1 N–H and O–H groups in total. The van der Waals surface area contributed by atoms with Crippen molar-refractivity contribution in [2.45, 2.75) is 27.2 Å². The van der Waals surface area contributed by atoms with Crippen LogP contribution in [-0.4, -0.2) is 37.0 Å². The highest BCUT2D eigenvalue weighted by atomic mass is 16.2. The molecule has 0 aliphatic heterocycles. The molecule has 0 aliphatic rings. The molecule has 1 unspecified atom stereocenters. The van der Waals surface area contributed by atoms with E-state index in [0.717, 1.165) is 26.1 Å². The van der Waals surface area contributed by atoms with Crippen LogP contribution in [0.2, 0.25) is 0 Å². The van der Waals surface area contributed by atoms with Gasteiger partial charge in [-0.05, 0) is 13.0 Å². The number of terminal acetylenes is 1. The second kappa shape index (κ2) is 8.31. The third-order valence-corrected chi connectivity index (χ3v) is 2.21. The molecule has 0 rings (SSSR count). The van der Waals surface area contributed by atoms with Gasteiger partial charge in [0.1, 0.15) is 0 Å². The number of hydrogen-bond donors (Lipinski definition) is 1. The Morgan fingerprint density at radius 1 is 1.53 bits per heavy atom. The molecule has 1 atom stereocenters. The lowest BCUT2D eigenvalue weighted by atomic mass is 10.1. The van der Waals surface area contributed by atoms with Gasteiger partial charge in [0.25, 0.3) is 0 Å². The molecule has 0 saturated heterocycles. The van der Waals surface area contributed by atoms with Gasteiger partial charge in [-0.25, -0.2) is 0 Å². The second-order valence-electron chi connectivity index (χ2n) is 3.67. The number of amides is 1. The highest BCUT2D eigenvalue weighted by Gasteiger charge is 2.18. The minimum Gasteiger partial charge on any atom is -0.331 e. The summed E-state index contributed by atoms with van der Waals surface area (Å²) in [6.45, 7) is 8.79. The van der Waals surface area contributed by atoms with Crippen LogP contribution in [0.4, 0.5) is 0 Å². The van der Waals surface area contributed by atoms with Gasteiger partial charge >= 0.3 is 0 Å². The Hall–Kier alpha value is -1.01. The zero-order valence-electron chi connectivity index (χ0n) is 10.0. The summed E-state index contributed by atoms with van der Waals surface area (Å²) in [4.78, 5) is 13.7. The molecule has 0 aromatic carbocycles. The van der Waals surface area contributed by atoms with Crippen LogP contribution in [0, 0.1) is 18.3 Å². The minimum absolute atomic E-state index is 0.00449. The smallest absolute Gasteiger partial charge is 0.227 e. The van der Waals surface area contributed by atoms with E-state index in [1.807, 2.05) is 20.8 Å². The van der Waals surface area contributed by atoms with Crippen molar-refractivity contribution >= 4 is 5.91 Å². The van der Waals surface area contributed by atoms with E-state index in [-0.39, 0.29) is 11.8 Å². The Balaban J connectivity index is 4.16. The summed E-state index contributed by atoms with van der Waals surface area (Å²) in [5, 5.41) is 3.17. The van der Waals surface area contributed by atoms with Gasteiger partial charge in [0.2, 0.25) is 5.91 Å². The molecule has 0 radical (unpaired) electrons. The summed E-state index contributed by atoms with van der Waals surface area (Å²) in [6.07, 6.45) is 6.18. The SMILES string of the molecule is C#CCN(CCC)C(=O)C(C)CNCC. The van der Waals surface area contributed by atoms with Gasteiger partial charge in [0.15, 0.2) is 0 Å². The Morgan fingerprint density at radius 2 is 2.20 bits per heavy atom. The zero-order chi connectivity index (χ0) is 11.7. The summed E-state index contributed by atoms with van der Waals surface area (Å²) >= 11 is 0. The van der Waals surface area contributed by atoms with Crippen molar-refractivity contribution in [2.24, 2.45) is 5.92 Å². The molecule has 0 aromatic rings. The highest BCUT2D eigenvalue weighted by molar-refractivity contribution is 5.79. The summed E-state index contributed by atoms with van der Waals surface area (Å²) in [7, 11) is 0. The molecular formula is C12H22N2O. The van der Waals surface area contributed by atoms with Crippen molar-refractivity contribution in [2.75, 3.05) is 26.2 Å². The van der Waals surface area contributed by atoms with E-state index >= 15 is 0 Å². The van der Waals surface area contributed by atoms with Crippen LogP contribution in [-0.2, 0) is 4.79 Å². The number of hydrogen-bond acceptors (Lipinski definition) is 2. The van der Waals surface area contributed by atoms with Crippen LogP contribution in [0.5, 0.6) is 0 Å². The monoisotopic (exact) mass is 210 g/mol. The van der Waals surface area contributed by atoms with Crippen molar-refractivity contribution in [1.82, 2.24) is 10.2 Å². The van der Waals surface area contributed by atoms with Gasteiger partial charge in [-0.15, -0.1) is 6.42 Å². The van der Waals surface area contributed by atoms with Crippen LogP contribution in [0.15, 0.2) is 0 Å². The molecule has 0 spiro atoms. The van der Waals surface area contributed by atoms with Crippen molar-refractivity contribution in [1.29, 1.82) is 0 Å². The van der Waals surface area contributed by atoms with E-state index in [9.17, 15) is 4.79 Å². The third-order valence-electron chi connectivity index (χ3n) is 2.21. The van der Waals surface area contributed by atoms with Crippen molar-refractivity contribution in [3.8, 4) is 12.3 Å². The second-order valence-corrected chi connectivity index (χ2v) is 3.67. The number of nitrogens with zero attached hydrogens (tertiary/aromatic N) is 1. The first-order valence-corrected chi connectivity index (χ1v) is 5.60. The van der Waals surface area contributed by atoms with Crippen molar-refractivity contribution in [3.63, 3.8) is 0 Å². The number of carbonyl (C=O) groups excluding carboxylic acids is 1. The van der Waals surface area contributed by atoms with E-state index in [0.29, 0.717) is 6.54 Å². The Bertz CT molecular complexity index is 220. The first-order chi connectivity index (χ1) is 7.17. The Labute approximate surface area is 93.2 Å². The van der Waals surface area contributed by atoms with Gasteiger partial charge in [-0.1, -0.05) is 26.7 Å². The molecule has 0 aliphatic carbocycles. The van der Waals surface area contributed by atoms with Crippen LogP contribution < -0.4 is 5.32 Å². The average molecular weight is 210 g/mol. The normalized spacial score (nSPS) is 11.9. The van der Waals surface area contributed by atoms with Gasteiger partial charge in [0, 0.05) is 19.0 Å². The fourth-order valence-corrected chi connectivity index (χ4v) is 1.41. The first-order valence-electron chi connectivity index (χ1n) is 5.60. The highest BCUT2D eigenvalue weighted by Crippen LogP contribution is 2.02. The standard InChI is InChI=1S/C12H22N2O/c1-5-8-14(9-6-2)12(15)11(4)10-13-7-3/h1,11,13H,6-10H2,2-4H3. The average Bonchev–Trinajstić information content (AvgIpc) is 2.24. The lowest BCUT2D eigenvalue weighted by Crippen LogP contribution is -2.39. The maximum Gasteiger partial charge on any atom is 0.227 e. The molecule has 0 saturated carbocycles. The zero-order valence-corrected chi connectivity index (χ0v) is 10.0. The molecule has 0 heterocycles. The van der Waals surface area contributed by atoms with Crippen molar-refractivity contribution in [3.05, 3.63) is 0 Å². The van der Waals surface area contributed by atoms with Gasteiger partial charge in [-0.2, -0.15) is 0 Å². The molecule has 0 aromatic heterocycles. The Kier molecular flexibility index (Phi) is 7.75. The Morgan fingerprint density at radius 3 is 2.67 bits per heavy atom. The number of carbonyl (C=O) groups is 1. The fourth-order valence-electron chi connectivity index (χ4n) is 1.41. The van der Waals surface area contributed by atoms with E-state index in [4.69, 9.17) is 6.42 Å². The van der Waals surface area contributed by atoms with Gasteiger partial charge < -0.3 is 10.2 Å². The number of rotatable bonds is 7. The molecule has 0 fully saturated rings. The minimum atomic E-state index is 0.00449. The van der Waals surface area contributed by atoms with E-state index in [1.54, 1.807) is 4.90 Å². The van der Waals surface area contributed by atoms with E-state index in [1.165, 1.54) is 0 Å². The van der Waals surface area contributed by atoms with Crippen LogP contribution >= 0.6 is 0 Å². The van der Waals surface area contributed by atoms with Gasteiger partial charge in [0.05, 0.1) is 6.54 Å². The fraction of sp³-hybridized carbons (Fsp3) is 0.750. The molecule has 86 valence electrons. The molecule has 3 nitrogen and oxygen atoms in total. The maximum atomic E-state index is 11.9. The molecule has 3 heteroatoms. The van der Waals surface area contributed by atoms with E-state index < -0.39 is 0 Å². The maximum absolute atomic E-state index is 11.9. The molecule has 15 heavy (non-hydrogen) atoms. The lowest BCUT2D eigenvalue weighted by Gasteiger charge is -2.23. The van der Waals surface area contributed by atoms with Crippen LogP contribution in [0.3, 0.4) is 0 Å². The topological polar surface area (TPSA) is 32.3 Å². The third kappa shape index (κ3) is 5.44. The summed E-state index contributed by atoms with van der Waals surface area (Å²) in [5.41, 5.74) is 0. The van der Waals surface area contributed by atoms with Crippen LogP contribution in [0.1, 0.15) is 27.2 Å². The van der Waals surface area contributed by atoms with Crippen LogP contribution in [0.25, 0.3) is 0 Å². The predicted octanol–water partition coefficient (Wildman–Crippen LogP) is 1.10. The lowest BCUT2D eigenvalue weighted by molar-refractivity contribution is -0.134. The predicted molar refractivity (Wildman–Crippen MR) is 63.4 cm³/mol.